The first-order valence-corrected chi connectivity index (χ1v) is 11.8. The minimum atomic E-state index is -4.38. The van der Waals surface area contributed by atoms with Crippen molar-refractivity contribution >= 4 is 5.91 Å². The molecular formula is C28H29F3N2O3. The van der Waals surface area contributed by atoms with E-state index in [9.17, 15) is 23.1 Å². The number of methoxy groups -OCH3 is 1. The van der Waals surface area contributed by atoms with Crippen LogP contribution in [-0.2, 0) is 23.8 Å². The third kappa shape index (κ3) is 5.33. The summed E-state index contributed by atoms with van der Waals surface area (Å²) in [7, 11) is 3.10. The van der Waals surface area contributed by atoms with Gasteiger partial charge in [-0.1, -0.05) is 42.5 Å². The molecule has 0 aromatic heterocycles. The maximum Gasteiger partial charge on any atom is 0.416 e. The molecule has 2 N–H and O–H groups in total. The minimum Gasteiger partial charge on any atom is -0.504 e. The Bertz CT molecular complexity index is 1200. The maximum absolute atomic E-state index is 13.1. The molecule has 1 amide bonds. The van der Waals surface area contributed by atoms with Crippen LogP contribution in [0.25, 0.3) is 0 Å². The van der Waals surface area contributed by atoms with Gasteiger partial charge in [-0.05, 0) is 65.8 Å². The molecule has 0 spiro atoms. The highest BCUT2D eigenvalue weighted by Gasteiger charge is 2.37. The van der Waals surface area contributed by atoms with Gasteiger partial charge in [0.15, 0.2) is 11.5 Å². The Labute approximate surface area is 208 Å². The van der Waals surface area contributed by atoms with Gasteiger partial charge in [0.25, 0.3) is 0 Å². The number of nitrogens with zero attached hydrogens (tertiary/aromatic N) is 1. The molecule has 3 aromatic rings. The van der Waals surface area contributed by atoms with Crippen LogP contribution in [0.4, 0.5) is 13.2 Å². The number of likely N-dealkylation sites (N-methyl/N-ethyl adjacent to an activating group) is 1. The lowest BCUT2D eigenvalue weighted by Gasteiger charge is -2.42. The van der Waals surface area contributed by atoms with Crippen molar-refractivity contribution in [1.82, 2.24) is 10.2 Å². The van der Waals surface area contributed by atoms with Crippen LogP contribution >= 0.6 is 0 Å². The van der Waals surface area contributed by atoms with Gasteiger partial charge < -0.3 is 15.2 Å². The van der Waals surface area contributed by atoms with Crippen molar-refractivity contribution in [3.05, 3.63) is 94.5 Å². The molecule has 0 radical (unpaired) electrons. The fraction of sp³-hybridized carbons (Fsp3) is 0.321. The van der Waals surface area contributed by atoms with Crippen LogP contribution in [-0.4, -0.2) is 36.6 Å². The molecule has 1 heterocycles. The number of aromatic hydroxyl groups is 1. The van der Waals surface area contributed by atoms with Gasteiger partial charge in [-0.15, -0.1) is 0 Å². The number of phenols is 1. The van der Waals surface area contributed by atoms with Crippen LogP contribution in [0.2, 0.25) is 0 Å². The van der Waals surface area contributed by atoms with Gasteiger partial charge in [0, 0.05) is 19.6 Å². The van der Waals surface area contributed by atoms with E-state index < -0.39 is 17.8 Å². The van der Waals surface area contributed by atoms with E-state index in [1.54, 1.807) is 13.1 Å². The number of fused-ring (bicyclic) bond motifs is 1. The highest BCUT2D eigenvalue weighted by Crippen LogP contribution is 2.43. The lowest BCUT2D eigenvalue weighted by molar-refractivity contribution is -0.137. The first-order chi connectivity index (χ1) is 17.2. The van der Waals surface area contributed by atoms with Gasteiger partial charge in [0.1, 0.15) is 6.04 Å². The predicted molar refractivity (Wildman–Crippen MR) is 131 cm³/mol. The highest BCUT2D eigenvalue weighted by molar-refractivity contribution is 5.83. The summed E-state index contributed by atoms with van der Waals surface area (Å²) in [4.78, 5) is 15.2. The van der Waals surface area contributed by atoms with Gasteiger partial charge >= 0.3 is 6.18 Å². The Kier molecular flexibility index (Phi) is 7.54. The number of phenolic OH excluding ortho intramolecular Hbond substituents is 1. The van der Waals surface area contributed by atoms with Crippen molar-refractivity contribution in [1.29, 1.82) is 0 Å². The van der Waals surface area contributed by atoms with Crippen LogP contribution in [0.5, 0.6) is 11.5 Å². The molecule has 8 heteroatoms. The zero-order valence-electron chi connectivity index (χ0n) is 20.2. The minimum absolute atomic E-state index is 0.00818. The fourth-order valence-electron chi connectivity index (χ4n) is 4.96. The van der Waals surface area contributed by atoms with E-state index in [1.165, 1.54) is 19.2 Å². The number of nitrogens with one attached hydrogen (secondary N) is 1. The number of halogens is 3. The van der Waals surface area contributed by atoms with Gasteiger partial charge in [0.2, 0.25) is 5.91 Å². The number of hydrogen-bond donors (Lipinski definition) is 2. The number of carbonyl (C=O) groups is 1. The maximum atomic E-state index is 13.1. The standard InChI is InChI=1S/C28H29F3N2O3/c1-32-27(35)26(19-6-4-3-5-7-19)33-15-14-20-16-25(36-2)24(34)17-22(20)23(33)13-10-18-8-11-21(12-9-18)28(29,30)31/h3-9,11-12,16-17,23,26,34H,10,13-15H2,1-2H3,(H,32,35)/t23-,26+/m0/s1. The van der Waals surface area contributed by atoms with Gasteiger partial charge in [0.05, 0.1) is 12.7 Å². The molecule has 190 valence electrons. The second kappa shape index (κ2) is 10.6. The summed E-state index contributed by atoms with van der Waals surface area (Å²) in [6, 6.07) is 17.4. The summed E-state index contributed by atoms with van der Waals surface area (Å²) in [5.74, 6) is 0.241. The van der Waals surface area contributed by atoms with E-state index >= 15 is 0 Å². The lowest BCUT2D eigenvalue weighted by Crippen LogP contribution is -2.44. The summed E-state index contributed by atoms with van der Waals surface area (Å²) in [6.07, 6.45) is -2.68. The molecule has 2 atom stereocenters. The number of alkyl halides is 3. The van der Waals surface area contributed by atoms with Gasteiger partial charge in [-0.2, -0.15) is 13.2 Å². The van der Waals surface area contributed by atoms with E-state index in [-0.39, 0.29) is 17.7 Å². The monoisotopic (exact) mass is 498 g/mol. The Morgan fingerprint density at radius 1 is 1.14 bits per heavy atom. The largest absolute Gasteiger partial charge is 0.504 e. The smallest absolute Gasteiger partial charge is 0.416 e. The summed E-state index contributed by atoms with van der Waals surface area (Å²) in [6.45, 7) is 0.589. The van der Waals surface area contributed by atoms with Crippen molar-refractivity contribution < 1.29 is 27.8 Å². The van der Waals surface area contributed by atoms with Gasteiger partial charge in [-0.25, -0.2) is 0 Å². The second-order valence-electron chi connectivity index (χ2n) is 8.89. The number of hydrogen-bond acceptors (Lipinski definition) is 4. The molecular weight excluding hydrogens is 469 g/mol. The molecule has 0 saturated heterocycles. The van der Waals surface area contributed by atoms with Crippen molar-refractivity contribution in [2.45, 2.75) is 37.5 Å². The number of ether oxygens (including phenoxy) is 1. The van der Waals surface area contributed by atoms with E-state index in [1.807, 2.05) is 36.4 Å². The van der Waals surface area contributed by atoms with E-state index in [0.717, 1.165) is 34.4 Å². The molecule has 36 heavy (non-hydrogen) atoms. The third-order valence-corrected chi connectivity index (χ3v) is 6.77. The predicted octanol–water partition coefficient (Wildman–Crippen LogP) is 5.44. The van der Waals surface area contributed by atoms with Crippen molar-refractivity contribution in [3.8, 4) is 11.5 Å². The second-order valence-corrected chi connectivity index (χ2v) is 8.89. The van der Waals surface area contributed by atoms with Crippen LogP contribution in [0.15, 0.2) is 66.7 Å². The summed E-state index contributed by atoms with van der Waals surface area (Å²) in [5.41, 5.74) is 2.83. The lowest BCUT2D eigenvalue weighted by atomic mass is 9.86. The molecule has 0 unspecified atom stereocenters. The molecule has 0 aliphatic carbocycles. The Morgan fingerprint density at radius 3 is 2.44 bits per heavy atom. The number of carbonyl (C=O) groups excluding carboxylic acids is 1. The van der Waals surface area contributed by atoms with Crippen LogP contribution in [0.1, 0.15) is 46.3 Å². The Morgan fingerprint density at radius 2 is 1.83 bits per heavy atom. The Balaban J connectivity index is 1.71. The molecule has 3 aromatic carbocycles. The molecule has 1 aliphatic rings. The quantitative estimate of drug-likeness (QED) is 0.456. The van der Waals surface area contributed by atoms with Crippen molar-refractivity contribution in [2.75, 3.05) is 20.7 Å². The van der Waals surface area contributed by atoms with E-state index in [0.29, 0.717) is 31.6 Å². The summed E-state index contributed by atoms with van der Waals surface area (Å²) < 4.78 is 44.3. The zero-order valence-corrected chi connectivity index (χ0v) is 20.2. The zero-order chi connectivity index (χ0) is 25.9. The average Bonchev–Trinajstić information content (AvgIpc) is 2.88. The fourth-order valence-corrected chi connectivity index (χ4v) is 4.96. The normalized spacial score (nSPS) is 16.8. The first kappa shape index (κ1) is 25.6. The molecule has 4 rings (SSSR count). The van der Waals surface area contributed by atoms with Gasteiger partial charge in [-0.3, -0.25) is 9.69 Å². The molecule has 0 bridgehead atoms. The number of benzene rings is 3. The number of aryl methyl sites for hydroxylation is 1. The molecule has 5 nitrogen and oxygen atoms in total. The molecule has 0 fully saturated rings. The van der Waals surface area contributed by atoms with E-state index in [4.69, 9.17) is 4.74 Å². The summed E-state index contributed by atoms with van der Waals surface area (Å²) >= 11 is 0. The van der Waals surface area contributed by atoms with Crippen LogP contribution < -0.4 is 10.1 Å². The summed E-state index contributed by atoms with van der Waals surface area (Å²) in [5, 5.41) is 13.3. The Hall–Kier alpha value is -3.52. The van der Waals surface area contributed by atoms with Crippen LogP contribution in [0, 0.1) is 0 Å². The molecule has 0 saturated carbocycles. The number of amides is 1. The highest BCUT2D eigenvalue weighted by atomic mass is 19.4. The average molecular weight is 499 g/mol. The van der Waals surface area contributed by atoms with Crippen molar-refractivity contribution in [3.63, 3.8) is 0 Å². The van der Waals surface area contributed by atoms with E-state index in [2.05, 4.69) is 10.2 Å². The van der Waals surface area contributed by atoms with Crippen molar-refractivity contribution in [2.24, 2.45) is 0 Å². The first-order valence-electron chi connectivity index (χ1n) is 11.8. The topological polar surface area (TPSA) is 61.8 Å². The molecule has 1 aliphatic heterocycles. The third-order valence-electron chi connectivity index (χ3n) is 6.77. The van der Waals surface area contributed by atoms with Crippen LogP contribution in [0.3, 0.4) is 0 Å². The number of rotatable bonds is 7. The SMILES string of the molecule is CNC(=O)[C@@H](c1ccccc1)N1CCc2cc(OC)c(O)cc2[C@@H]1CCc1ccc(C(F)(F)F)cc1.